The van der Waals surface area contributed by atoms with E-state index in [1.807, 2.05) is 0 Å². The Morgan fingerprint density at radius 1 is 1.10 bits per heavy atom. The number of carbonyl (C=O) groups excluding carboxylic acids is 3. The molecule has 0 aromatic heterocycles. The summed E-state index contributed by atoms with van der Waals surface area (Å²) in [6.07, 6.45) is 2.63. The van der Waals surface area contributed by atoms with Crippen LogP contribution >= 0.6 is 0 Å². The third kappa shape index (κ3) is 2.30. The maximum absolute atomic E-state index is 12.6. The second-order valence-electron chi connectivity index (χ2n) is 5.63. The molecule has 2 aliphatic rings. The van der Waals surface area contributed by atoms with Crippen LogP contribution < -0.4 is 0 Å². The molecule has 118 valence electrons. The van der Waals surface area contributed by atoms with Crippen molar-refractivity contribution < 1.29 is 23.9 Å². The molecule has 0 radical (unpaired) electrons. The largest absolute Gasteiger partial charge is 0.464 e. The van der Waals surface area contributed by atoms with Crippen molar-refractivity contribution in [2.24, 2.45) is 11.8 Å². The number of carbonyl (C=O) groups is 3. The molecule has 0 N–H and O–H groups in total. The van der Waals surface area contributed by atoms with E-state index in [4.69, 9.17) is 9.47 Å². The quantitative estimate of drug-likeness (QED) is 0.574. The topological polar surface area (TPSA) is 72.9 Å². The minimum atomic E-state index is -1.58. The maximum atomic E-state index is 12.6. The molecule has 0 aromatic rings. The van der Waals surface area contributed by atoms with E-state index in [-0.39, 0.29) is 31.0 Å². The third-order valence-electron chi connectivity index (χ3n) is 4.59. The Kier molecular flexibility index (Phi) is 4.54. The normalized spacial score (nSPS) is 26.3. The summed E-state index contributed by atoms with van der Waals surface area (Å²) < 4.78 is 10.3. The smallest absolute Gasteiger partial charge is 0.344 e. The van der Waals surface area contributed by atoms with Crippen molar-refractivity contribution in [3.05, 3.63) is 0 Å². The van der Waals surface area contributed by atoms with Crippen LogP contribution in [0.1, 0.15) is 40.0 Å². The fraction of sp³-hybridized carbons (Fsp3) is 0.800. The highest BCUT2D eigenvalue weighted by molar-refractivity contribution is 6.08. The van der Waals surface area contributed by atoms with E-state index in [1.165, 1.54) is 11.8 Å². The lowest BCUT2D eigenvalue weighted by atomic mass is 9.81. The number of hydrogen-bond donors (Lipinski definition) is 0. The first-order chi connectivity index (χ1) is 9.99. The van der Waals surface area contributed by atoms with E-state index in [0.29, 0.717) is 6.54 Å². The van der Waals surface area contributed by atoms with Gasteiger partial charge in [-0.15, -0.1) is 0 Å². The van der Waals surface area contributed by atoms with Crippen LogP contribution in [0.4, 0.5) is 0 Å². The summed E-state index contributed by atoms with van der Waals surface area (Å²) >= 11 is 0. The number of ether oxygens (including phenoxy) is 2. The summed E-state index contributed by atoms with van der Waals surface area (Å²) in [6.45, 7) is 5.53. The fourth-order valence-electron chi connectivity index (χ4n) is 3.85. The summed E-state index contributed by atoms with van der Waals surface area (Å²) in [5.41, 5.74) is -1.58. The Morgan fingerprint density at radius 2 is 1.67 bits per heavy atom. The highest BCUT2D eigenvalue weighted by Crippen LogP contribution is 2.49. The molecule has 2 rings (SSSR count). The first-order valence-corrected chi connectivity index (χ1v) is 7.62. The SMILES string of the molecule is CCOC(=O)C1(C(=O)OCC)C2CCC[C@@H]2CN1C(C)=O. The molecule has 21 heavy (non-hydrogen) atoms. The monoisotopic (exact) mass is 297 g/mol. The molecule has 1 saturated carbocycles. The van der Waals surface area contributed by atoms with E-state index in [9.17, 15) is 14.4 Å². The van der Waals surface area contributed by atoms with Gasteiger partial charge in [0.15, 0.2) is 0 Å². The van der Waals surface area contributed by atoms with Gasteiger partial charge in [0.2, 0.25) is 11.4 Å². The van der Waals surface area contributed by atoms with Gasteiger partial charge in [0.1, 0.15) is 0 Å². The minimum absolute atomic E-state index is 0.169. The number of likely N-dealkylation sites (tertiary alicyclic amines) is 1. The number of rotatable bonds is 4. The molecule has 1 heterocycles. The number of fused-ring (bicyclic) bond motifs is 1. The molecule has 1 amide bonds. The van der Waals surface area contributed by atoms with E-state index in [2.05, 4.69) is 0 Å². The van der Waals surface area contributed by atoms with E-state index in [0.717, 1.165) is 19.3 Å². The van der Waals surface area contributed by atoms with Gasteiger partial charge in [0.25, 0.3) is 0 Å². The van der Waals surface area contributed by atoms with Gasteiger partial charge in [-0.3, -0.25) is 4.79 Å². The minimum Gasteiger partial charge on any atom is -0.464 e. The number of esters is 2. The van der Waals surface area contributed by atoms with Gasteiger partial charge in [0.05, 0.1) is 13.2 Å². The van der Waals surface area contributed by atoms with Crippen molar-refractivity contribution in [2.75, 3.05) is 19.8 Å². The number of hydrogen-bond acceptors (Lipinski definition) is 5. The van der Waals surface area contributed by atoms with Crippen molar-refractivity contribution in [1.82, 2.24) is 4.90 Å². The predicted molar refractivity (Wildman–Crippen MR) is 74.2 cm³/mol. The van der Waals surface area contributed by atoms with Gasteiger partial charge in [-0.1, -0.05) is 6.42 Å². The first kappa shape index (κ1) is 15.8. The standard InChI is InChI=1S/C15H23NO5/c1-4-20-13(18)15(14(19)21-5-2)12-8-6-7-11(12)9-16(15)10(3)17/h11-12H,4-9H2,1-3H3/t11-,12?/m1/s1. The molecule has 1 saturated heterocycles. The van der Waals surface area contributed by atoms with E-state index in [1.54, 1.807) is 13.8 Å². The second-order valence-corrected chi connectivity index (χ2v) is 5.63. The summed E-state index contributed by atoms with van der Waals surface area (Å²) in [4.78, 5) is 38.6. The molecule has 1 unspecified atom stereocenters. The van der Waals surface area contributed by atoms with Gasteiger partial charge in [0, 0.05) is 19.4 Å². The van der Waals surface area contributed by atoms with Gasteiger partial charge in [-0.25, -0.2) is 9.59 Å². The lowest BCUT2D eigenvalue weighted by Crippen LogP contribution is -2.62. The molecule has 1 aliphatic carbocycles. The maximum Gasteiger partial charge on any atom is 0.344 e. The first-order valence-electron chi connectivity index (χ1n) is 7.62. The Bertz CT molecular complexity index is 429. The van der Waals surface area contributed by atoms with Gasteiger partial charge >= 0.3 is 11.9 Å². The molecule has 0 bridgehead atoms. The van der Waals surface area contributed by atoms with Crippen molar-refractivity contribution in [2.45, 2.75) is 45.6 Å². The summed E-state index contributed by atoms with van der Waals surface area (Å²) in [6, 6.07) is 0. The molecule has 6 heteroatoms. The van der Waals surface area contributed by atoms with Crippen LogP contribution in [0, 0.1) is 11.8 Å². The molecular formula is C15H23NO5. The molecule has 0 aromatic carbocycles. The van der Waals surface area contributed by atoms with Crippen molar-refractivity contribution in [3.8, 4) is 0 Å². The molecule has 1 aliphatic heterocycles. The molecular weight excluding hydrogens is 274 g/mol. The van der Waals surface area contributed by atoms with Crippen molar-refractivity contribution >= 4 is 17.8 Å². The van der Waals surface area contributed by atoms with E-state index < -0.39 is 17.5 Å². The zero-order valence-corrected chi connectivity index (χ0v) is 12.9. The van der Waals surface area contributed by atoms with Crippen LogP contribution in [-0.2, 0) is 23.9 Å². The summed E-state index contributed by atoms with van der Waals surface area (Å²) in [7, 11) is 0. The van der Waals surface area contributed by atoms with Crippen LogP contribution in [-0.4, -0.2) is 48.0 Å². The lowest BCUT2D eigenvalue weighted by molar-refractivity contribution is -0.179. The summed E-state index contributed by atoms with van der Waals surface area (Å²) in [5, 5.41) is 0. The Balaban J connectivity index is 2.49. The van der Waals surface area contributed by atoms with E-state index >= 15 is 0 Å². The highest BCUT2D eigenvalue weighted by Gasteiger charge is 2.67. The van der Waals surface area contributed by atoms with Crippen LogP contribution in [0.25, 0.3) is 0 Å². The third-order valence-corrected chi connectivity index (χ3v) is 4.59. The fourth-order valence-corrected chi connectivity index (χ4v) is 3.85. The Morgan fingerprint density at radius 3 is 2.14 bits per heavy atom. The van der Waals surface area contributed by atoms with Crippen molar-refractivity contribution in [1.29, 1.82) is 0 Å². The highest BCUT2D eigenvalue weighted by atomic mass is 16.6. The zero-order chi connectivity index (χ0) is 15.6. The second kappa shape index (κ2) is 6.03. The molecule has 6 nitrogen and oxygen atoms in total. The van der Waals surface area contributed by atoms with Gasteiger partial charge in [-0.05, 0) is 32.6 Å². The Labute approximate surface area is 124 Å². The molecule has 2 atom stereocenters. The zero-order valence-electron chi connectivity index (χ0n) is 12.9. The van der Waals surface area contributed by atoms with Crippen molar-refractivity contribution in [3.63, 3.8) is 0 Å². The number of amides is 1. The average Bonchev–Trinajstić information content (AvgIpc) is 2.98. The predicted octanol–water partition coefficient (Wildman–Crippen LogP) is 1.13. The van der Waals surface area contributed by atoms with Crippen LogP contribution in [0.2, 0.25) is 0 Å². The molecule has 2 fully saturated rings. The van der Waals surface area contributed by atoms with Gasteiger partial charge < -0.3 is 14.4 Å². The summed E-state index contributed by atoms with van der Waals surface area (Å²) in [5.74, 6) is -1.60. The Hall–Kier alpha value is -1.59. The lowest BCUT2D eigenvalue weighted by Gasteiger charge is -2.36. The average molecular weight is 297 g/mol. The molecule has 0 spiro atoms. The van der Waals surface area contributed by atoms with Crippen LogP contribution in [0.3, 0.4) is 0 Å². The van der Waals surface area contributed by atoms with Gasteiger partial charge in [-0.2, -0.15) is 0 Å². The van der Waals surface area contributed by atoms with Crippen LogP contribution in [0.5, 0.6) is 0 Å². The number of nitrogens with zero attached hydrogens (tertiary/aromatic N) is 1. The van der Waals surface area contributed by atoms with Crippen LogP contribution in [0.15, 0.2) is 0 Å².